The summed E-state index contributed by atoms with van der Waals surface area (Å²) in [5.74, 6) is -0.135. The second-order valence-electron chi connectivity index (χ2n) is 3.71. The number of allylic oxidation sites excluding steroid dienone is 1. The number of hydrogen-bond acceptors (Lipinski definition) is 2. The molecule has 0 fully saturated rings. The molecule has 0 spiro atoms. The summed E-state index contributed by atoms with van der Waals surface area (Å²) >= 11 is 0. The first-order valence-electron chi connectivity index (χ1n) is 5.06. The number of aryl methyl sites for hydroxylation is 1. The molecule has 0 saturated carbocycles. The lowest BCUT2D eigenvalue weighted by molar-refractivity contribution is 0.0972. The van der Waals surface area contributed by atoms with Gasteiger partial charge in [-0.05, 0) is 36.8 Å². The number of hydrogen-bond donors (Lipinski definition) is 1. The zero-order chi connectivity index (χ0) is 11.7. The second kappa shape index (κ2) is 3.94. The van der Waals surface area contributed by atoms with Crippen molar-refractivity contribution >= 4 is 16.8 Å². The molecule has 2 aromatic rings. The lowest BCUT2D eigenvalue weighted by atomic mass is 10.2. The van der Waals surface area contributed by atoms with Crippen LogP contribution in [0.25, 0.3) is 10.9 Å². The highest BCUT2D eigenvalue weighted by molar-refractivity contribution is 5.99. The van der Waals surface area contributed by atoms with Crippen molar-refractivity contribution in [3.05, 3.63) is 48.2 Å². The number of carbonyl (C=O) groups is 1. The summed E-state index contributed by atoms with van der Waals surface area (Å²) in [4.78, 5) is 11.7. The molecule has 0 unspecified atom stereocenters. The number of aliphatic hydroxyl groups is 1. The van der Waals surface area contributed by atoms with Crippen LogP contribution in [0.2, 0.25) is 0 Å². The van der Waals surface area contributed by atoms with Crippen LogP contribution in [-0.2, 0) is 6.61 Å². The monoisotopic (exact) mass is 215 g/mol. The Kier molecular flexibility index (Phi) is 2.62. The zero-order valence-corrected chi connectivity index (χ0v) is 9.10. The average Bonchev–Trinajstić information content (AvgIpc) is 2.62. The summed E-state index contributed by atoms with van der Waals surface area (Å²) in [5.41, 5.74) is 2.56. The number of fused-ring (bicyclic) bond motifs is 1. The molecule has 16 heavy (non-hydrogen) atoms. The molecular weight excluding hydrogens is 202 g/mol. The highest BCUT2D eigenvalue weighted by atomic mass is 16.3. The molecule has 0 atom stereocenters. The van der Waals surface area contributed by atoms with E-state index in [1.807, 2.05) is 31.2 Å². The van der Waals surface area contributed by atoms with Gasteiger partial charge in [0, 0.05) is 11.1 Å². The first kappa shape index (κ1) is 10.6. The molecule has 3 nitrogen and oxygen atoms in total. The normalized spacial score (nSPS) is 10.6. The van der Waals surface area contributed by atoms with Crippen molar-refractivity contribution in [3.63, 3.8) is 0 Å². The largest absolute Gasteiger partial charge is 0.392 e. The molecule has 82 valence electrons. The number of aromatic nitrogens is 1. The minimum atomic E-state index is -0.135. The average molecular weight is 215 g/mol. The number of nitrogens with zero attached hydrogens (tertiary/aromatic N) is 1. The quantitative estimate of drug-likeness (QED) is 0.781. The maximum Gasteiger partial charge on any atom is 0.254 e. The van der Waals surface area contributed by atoms with Gasteiger partial charge in [-0.15, -0.1) is 0 Å². The molecule has 2 rings (SSSR count). The Balaban J connectivity index is 2.71. The molecule has 0 amide bonds. The fourth-order valence-corrected chi connectivity index (χ4v) is 1.88. The van der Waals surface area contributed by atoms with Crippen LogP contribution in [0.15, 0.2) is 36.9 Å². The van der Waals surface area contributed by atoms with Crippen molar-refractivity contribution in [2.75, 3.05) is 0 Å². The van der Waals surface area contributed by atoms with E-state index in [4.69, 9.17) is 5.11 Å². The predicted octanol–water partition coefficient (Wildman–Crippen LogP) is 2.27. The predicted molar refractivity (Wildman–Crippen MR) is 63.4 cm³/mol. The third-order valence-electron chi connectivity index (χ3n) is 2.63. The van der Waals surface area contributed by atoms with E-state index in [2.05, 4.69) is 6.58 Å². The summed E-state index contributed by atoms with van der Waals surface area (Å²) in [7, 11) is 0. The first-order chi connectivity index (χ1) is 7.67. The van der Waals surface area contributed by atoms with Gasteiger partial charge in [-0.25, -0.2) is 0 Å². The van der Waals surface area contributed by atoms with Crippen LogP contribution in [0, 0.1) is 6.92 Å². The van der Waals surface area contributed by atoms with Gasteiger partial charge in [0.25, 0.3) is 5.91 Å². The van der Waals surface area contributed by atoms with Crippen LogP contribution in [0.5, 0.6) is 0 Å². The van der Waals surface area contributed by atoms with Crippen LogP contribution < -0.4 is 0 Å². The van der Waals surface area contributed by atoms with E-state index in [0.717, 1.165) is 22.2 Å². The van der Waals surface area contributed by atoms with Gasteiger partial charge in [-0.2, -0.15) is 0 Å². The van der Waals surface area contributed by atoms with Crippen molar-refractivity contribution in [3.8, 4) is 0 Å². The van der Waals surface area contributed by atoms with Crippen LogP contribution in [0.1, 0.15) is 16.1 Å². The van der Waals surface area contributed by atoms with Crippen molar-refractivity contribution < 1.29 is 9.90 Å². The SMILES string of the molecule is C=CC(=O)n1c(C)cc2cc(CO)ccc21. The molecule has 0 aliphatic rings. The molecule has 1 aromatic carbocycles. The van der Waals surface area contributed by atoms with Crippen molar-refractivity contribution in [2.45, 2.75) is 13.5 Å². The standard InChI is InChI=1S/C13H13NO2/c1-3-13(16)14-9(2)6-11-7-10(8-15)4-5-12(11)14/h3-7,15H,1,8H2,2H3. The highest BCUT2D eigenvalue weighted by Crippen LogP contribution is 2.21. The topological polar surface area (TPSA) is 42.2 Å². The highest BCUT2D eigenvalue weighted by Gasteiger charge is 2.09. The Morgan fingerprint density at radius 2 is 2.25 bits per heavy atom. The van der Waals surface area contributed by atoms with E-state index in [1.54, 1.807) is 4.57 Å². The summed E-state index contributed by atoms with van der Waals surface area (Å²) in [6, 6.07) is 7.47. The van der Waals surface area contributed by atoms with E-state index in [9.17, 15) is 4.79 Å². The zero-order valence-electron chi connectivity index (χ0n) is 9.10. The van der Waals surface area contributed by atoms with E-state index in [-0.39, 0.29) is 12.5 Å². The van der Waals surface area contributed by atoms with Crippen LogP contribution >= 0.6 is 0 Å². The Morgan fingerprint density at radius 1 is 1.50 bits per heavy atom. The van der Waals surface area contributed by atoms with E-state index >= 15 is 0 Å². The Hall–Kier alpha value is -1.87. The molecule has 1 heterocycles. The molecule has 0 aliphatic heterocycles. The smallest absolute Gasteiger partial charge is 0.254 e. The van der Waals surface area contributed by atoms with Gasteiger partial charge in [0.1, 0.15) is 0 Å². The number of benzene rings is 1. The van der Waals surface area contributed by atoms with E-state index < -0.39 is 0 Å². The fourth-order valence-electron chi connectivity index (χ4n) is 1.88. The minimum Gasteiger partial charge on any atom is -0.392 e. The van der Waals surface area contributed by atoms with Crippen LogP contribution in [0.3, 0.4) is 0 Å². The van der Waals surface area contributed by atoms with Crippen molar-refractivity contribution in [1.82, 2.24) is 4.57 Å². The van der Waals surface area contributed by atoms with E-state index in [1.165, 1.54) is 6.08 Å². The van der Waals surface area contributed by atoms with Crippen molar-refractivity contribution in [2.24, 2.45) is 0 Å². The van der Waals surface area contributed by atoms with E-state index in [0.29, 0.717) is 0 Å². The molecular formula is C13H13NO2. The maximum absolute atomic E-state index is 11.7. The number of aliphatic hydroxyl groups excluding tert-OH is 1. The Labute approximate surface area is 93.6 Å². The van der Waals surface area contributed by atoms with Gasteiger partial charge in [0.2, 0.25) is 0 Å². The molecule has 0 aliphatic carbocycles. The first-order valence-corrected chi connectivity index (χ1v) is 5.06. The van der Waals surface area contributed by atoms with Gasteiger partial charge in [0.15, 0.2) is 0 Å². The third kappa shape index (κ3) is 1.55. The minimum absolute atomic E-state index is 0.00950. The van der Waals surface area contributed by atoms with Crippen molar-refractivity contribution in [1.29, 1.82) is 0 Å². The summed E-state index contributed by atoms with van der Waals surface area (Å²) in [6.07, 6.45) is 1.30. The molecule has 3 heteroatoms. The molecule has 0 bridgehead atoms. The number of carbonyl (C=O) groups excluding carboxylic acids is 1. The number of rotatable bonds is 2. The Morgan fingerprint density at radius 3 is 2.88 bits per heavy atom. The molecule has 0 radical (unpaired) electrons. The van der Waals surface area contributed by atoms with Gasteiger partial charge in [0.05, 0.1) is 12.1 Å². The van der Waals surface area contributed by atoms with Crippen LogP contribution in [-0.4, -0.2) is 15.6 Å². The summed E-state index contributed by atoms with van der Waals surface area (Å²) < 4.78 is 1.61. The molecule has 1 aromatic heterocycles. The van der Waals surface area contributed by atoms with Gasteiger partial charge < -0.3 is 5.11 Å². The lowest BCUT2D eigenvalue weighted by Crippen LogP contribution is -2.07. The molecule has 0 saturated heterocycles. The second-order valence-corrected chi connectivity index (χ2v) is 3.71. The third-order valence-corrected chi connectivity index (χ3v) is 2.63. The fraction of sp³-hybridized carbons (Fsp3) is 0.154. The lowest BCUT2D eigenvalue weighted by Gasteiger charge is -2.03. The summed E-state index contributed by atoms with van der Waals surface area (Å²) in [6.45, 7) is 5.37. The van der Waals surface area contributed by atoms with Gasteiger partial charge >= 0.3 is 0 Å². The molecule has 1 N–H and O–H groups in total. The van der Waals surface area contributed by atoms with Gasteiger partial charge in [-0.3, -0.25) is 9.36 Å². The summed E-state index contributed by atoms with van der Waals surface area (Å²) in [5, 5.41) is 10.00. The Bertz CT molecular complexity index is 567. The van der Waals surface area contributed by atoms with Crippen LogP contribution in [0.4, 0.5) is 0 Å². The van der Waals surface area contributed by atoms with Gasteiger partial charge in [-0.1, -0.05) is 12.6 Å². The maximum atomic E-state index is 11.7.